The third-order valence-electron chi connectivity index (χ3n) is 2.58. The number of sulfone groups is 1. The monoisotopic (exact) mass is 275 g/mol. The zero-order valence-electron chi connectivity index (χ0n) is 9.95. The lowest BCUT2D eigenvalue weighted by Crippen LogP contribution is -2.11. The first-order valence-corrected chi connectivity index (χ1v) is 7.89. The molecule has 0 aliphatic heterocycles. The molecule has 0 bridgehead atoms. The van der Waals surface area contributed by atoms with Gasteiger partial charge in [0.05, 0.1) is 11.5 Å². The molecule has 0 aliphatic carbocycles. The molecule has 1 aromatic rings. The van der Waals surface area contributed by atoms with E-state index in [4.69, 9.17) is 17.3 Å². The predicted octanol–water partition coefficient (Wildman–Crippen LogP) is 3.03. The minimum absolute atomic E-state index is 0.0672. The molecule has 0 saturated heterocycles. The molecule has 1 rings (SSSR count). The van der Waals surface area contributed by atoms with Gasteiger partial charge >= 0.3 is 0 Å². The van der Waals surface area contributed by atoms with Gasteiger partial charge in [0.1, 0.15) is 0 Å². The lowest BCUT2D eigenvalue weighted by molar-refractivity contribution is 0.590. The van der Waals surface area contributed by atoms with E-state index in [0.717, 1.165) is 12.8 Å². The maximum absolute atomic E-state index is 11.9. The molecule has 0 unspecified atom stereocenters. The van der Waals surface area contributed by atoms with Gasteiger partial charge in [-0.3, -0.25) is 0 Å². The summed E-state index contributed by atoms with van der Waals surface area (Å²) in [5.74, 6) is 0.133. The van der Waals surface area contributed by atoms with Gasteiger partial charge in [0.25, 0.3) is 0 Å². The average molecular weight is 276 g/mol. The highest BCUT2D eigenvalue weighted by molar-refractivity contribution is 7.90. The molecule has 1 aromatic carbocycles. The Hall–Kier alpha value is -0.740. The molecule has 0 aliphatic rings. The van der Waals surface area contributed by atoms with E-state index in [1.807, 2.05) is 6.92 Å². The molecule has 2 N–H and O–H groups in total. The smallest absolute Gasteiger partial charge is 0.154 e. The standard InChI is InChI=1S/C12H18ClNO2S/c1-2-3-4-8-17(15,16)9-10-11(13)6-5-7-12(10)14/h5-7H,2-4,8-9,14H2,1H3. The van der Waals surface area contributed by atoms with Crippen LogP contribution in [0.2, 0.25) is 5.02 Å². The Labute approximate surface area is 108 Å². The maximum atomic E-state index is 11.9. The van der Waals surface area contributed by atoms with E-state index in [-0.39, 0.29) is 11.5 Å². The highest BCUT2D eigenvalue weighted by Gasteiger charge is 2.15. The summed E-state index contributed by atoms with van der Waals surface area (Å²) in [5.41, 5.74) is 6.69. The minimum Gasteiger partial charge on any atom is -0.398 e. The van der Waals surface area contributed by atoms with E-state index in [9.17, 15) is 8.42 Å². The van der Waals surface area contributed by atoms with Gasteiger partial charge in [-0.15, -0.1) is 0 Å². The van der Waals surface area contributed by atoms with Crippen molar-refractivity contribution in [3.63, 3.8) is 0 Å². The Morgan fingerprint density at radius 3 is 2.59 bits per heavy atom. The second kappa shape index (κ2) is 6.26. The van der Waals surface area contributed by atoms with Crippen LogP contribution in [0.3, 0.4) is 0 Å². The summed E-state index contributed by atoms with van der Waals surface area (Å²) in [6, 6.07) is 5.04. The highest BCUT2D eigenvalue weighted by Crippen LogP contribution is 2.24. The molecular formula is C12H18ClNO2S. The Balaban J connectivity index is 2.76. The van der Waals surface area contributed by atoms with Crippen molar-refractivity contribution in [2.24, 2.45) is 0 Å². The summed E-state index contributed by atoms with van der Waals surface area (Å²) in [5, 5.41) is 0.420. The molecule has 0 heterocycles. The largest absolute Gasteiger partial charge is 0.398 e. The minimum atomic E-state index is -3.12. The van der Waals surface area contributed by atoms with Crippen molar-refractivity contribution in [2.45, 2.75) is 31.9 Å². The molecule has 0 radical (unpaired) electrons. The SMILES string of the molecule is CCCCCS(=O)(=O)Cc1c(N)cccc1Cl. The van der Waals surface area contributed by atoms with Gasteiger partial charge in [-0.2, -0.15) is 0 Å². The van der Waals surface area contributed by atoms with Crippen molar-refractivity contribution in [2.75, 3.05) is 11.5 Å². The summed E-state index contributed by atoms with van der Waals surface area (Å²) in [7, 11) is -3.12. The molecule has 0 amide bonds. The number of rotatable bonds is 6. The number of anilines is 1. The van der Waals surface area contributed by atoms with Gasteiger partial charge < -0.3 is 5.73 Å². The van der Waals surface area contributed by atoms with Crippen LogP contribution in [-0.4, -0.2) is 14.2 Å². The summed E-state index contributed by atoms with van der Waals surface area (Å²) in [6.45, 7) is 2.04. The third kappa shape index (κ3) is 4.56. The zero-order valence-corrected chi connectivity index (χ0v) is 11.5. The number of nitrogens with two attached hydrogens (primary N) is 1. The topological polar surface area (TPSA) is 60.2 Å². The summed E-state index contributed by atoms with van der Waals surface area (Å²) in [6.07, 6.45) is 2.63. The second-order valence-corrected chi connectivity index (χ2v) is 6.70. The quantitative estimate of drug-likeness (QED) is 0.641. The van der Waals surface area contributed by atoms with Gasteiger partial charge in [-0.1, -0.05) is 37.4 Å². The zero-order chi connectivity index (χ0) is 12.9. The van der Waals surface area contributed by atoms with Crippen molar-refractivity contribution >= 4 is 27.1 Å². The summed E-state index contributed by atoms with van der Waals surface area (Å²) < 4.78 is 23.7. The van der Waals surface area contributed by atoms with Crippen molar-refractivity contribution in [3.05, 3.63) is 28.8 Å². The van der Waals surface area contributed by atoms with Crippen LogP contribution in [0.15, 0.2) is 18.2 Å². The Morgan fingerprint density at radius 2 is 2.00 bits per heavy atom. The van der Waals surface area contributed by atoms with Crippen molar-refractivity contribution < 1.29 is 8.42 Å². The van der Waals surface area contributed by atoms with Crippen LogP contribution in [0.4, 0.5) is 5.69 Å². The lowest BCUT2D eigenvalue weighted by atomic mass is 10.2. The van der Waals surface area contributed by atoms with Crippen LogP contribution in [0, 0.1) is 0 Å². The number of nitrogen functional groups attached to an aromatic ring is 1. The van der Waals surface area contributed by atoms with E-state index in [0.29, 0.717) is 22.7 Å². The van der Waals surface area contributed by atoms with Gasteiger partial charge in [0, 0.05) is 16.3 Å². The van der Waals surface area contributed by atoms with Crippen LogP contribution in [0.25, 0.3) is 0 Å². The van der Waals surface area contributed by atoms with Crippen LogP contribution in [0.5, 0.6) is 0 Å². The fourth-order valence-corrected chi connectivity index (χ4v) is 3.47. The van der Waals surface area contributed by atoms with Crippen molar-refractivity contribution in [1.29, 1.82) is 0 Å². The van der Waals surface area contributed by atoms with Crippen molar-refractivity contribution in [1.82, 2.24) is 0 Å². The van der Waals surface area contributed by atoms with Crippen LogP contribution in [0.1, 0.15) is 31.7 Å². The van der Waals surface area contributed by atoms with Crippen LogP contribution < -0.4 is 5.73 Å². The molecule has 96 valence electrons. The highest BCUT2D eigenvalue weighted by atomic mass is 35.5. The van der Waals surface area contributed by atoms with Gasteiger partial charge in [0.15, 0.2) is 9.84 Å². The molecule has 3 nitrogen and oxygen atoms in total. The first-order valence-electron chi connectivity index (χ1n) is 5.69. The average Bonchev–Trinajstić information content (AvgIpc) is 2.24. The van der Waals surface area contributed by atoms with Crippen LogP contribution in [-0.2, 0) is 15.6 Å². The lowest BCUT2D eigenvalue weighted by Gasteiger charge is -2.08. The van der Waals surface area contributed by atoms with E-state index in [2.05, 4.69) is 0 Å². The van der Waals surface area contributed by atoms with Crippen molar-refractivity contribution in [3.8, 4) is 0 Å². The molecule has 0 aromatic heterocycles. The van der Waals surface area contributed by atoms with E-state index in [1.54, 1.807) is 18.2 Å². The molecule has 0 saturated carbocycles. The molecule has 17 heavy (non-hydrogen) atoms. The Kier molecular flexibility index (Phi) is 5.28. The first kappa shape index (κ1) is 14.3. The second-order valence-electron chi connectivity index (χ2n) is 4.11. The van der Waals surface area contributed by atoms with E-state index >= 15 is 0 Å². The Bertz CT molecular complexity index is 451. The van der Waals surface area contributed by atoms with Gasteiger partial charge in [-0.25, -0.2) is 8.42 Å². The molecule has 0 spiro atoms. The molecule has 0 atom stereocenters. The van der Waals surface area contributed by atoms with Gasteiger partial charge in [0.2, 0.25) is 0 Å². The first-order chi connectivity index (χ1) is 7.96. The number of benzene rings is 1. The van der Waals surface area contributed by atoms with Gasteiger partial charge in [-0.05, 0) is 18.6 Å². The normalized spacial score (nSPS) is 11.6. The summed E-state index contributed by atoms with van der Waals surface area (Å²) in [4.78, 5) is 0. The fourth-order valence-electron chi connectivity index (χ4n) is 1.59. The van der Waals surface area contributed by atoms with E-state index in [1.165, 1.54) is 0 Å². The fraction of sp³-hybridized carbons (Fsp3) is 0.500. The number of hydrogen-bond acceptors (Lipinski definition) is 3. The number of hydrogen-bond donors (Lipinski definition) is 1. The van der Waals surface area contributed by atoms with E-state index < -0.39 is 9.84 Å². The Morgan fingerprint density at radius 1 is 1.29 bits per heavy atom. The van der Waals surface area contributed by atoms with Crippen LogP contribution >= 0.6 is 11.6 Å². The maximum Gasteiger partial charge on any atom is 0.154 e. The molecular weight excluding hydrogens is 258 g/mol. The molecule has 0 fully saturated rings. The third-order valence-corrected chi connectivity index (χ3v) is 4.57. The molecule has 5 heteroatoms. The predicted molar refractivity (Wildman–Crippen MR) is 72.9 cm³/mol. The number of unbranched alkanes of at least 4 members (excludes halogenated alkanes) is 2. The number of halogens is 1. The summed E-state index contributed by atoms with van der Waals surface area (Å²) >= 11 is 5.95.